The number of nitrogen functional groups attached to an aromatic ring is 1. The molecule has 3 heterocycles. The first-order chi connectivity index (χ1) is 29.9. The van der Waals surface area contributed by atoms with Crippen LogP contribution in [0.25, 0.3) is 11.0 Å². The van der Waals surface area contributed by atoms with Crippen molar-refractivity contribution in [3.63, 3.8) is 0 Å². The van der Waals surface area contributed by atoms with Crippen LogP contribution in [0.3, 0.4) is 0 Å². The van der Waals surface area contributed by atoms with E-state index in [1.165, 1.54) is 0 Å². The van der Waals surface area contributed by atoms with Gasteiger partial charge < -0.3 is 61.3 Å². The molecule has 9 N–H and O–H groups in total. The Labute approximate surface area is 365 Å². The number of nitrogens with zero attached hydrogens (tertiary/aromatic N) is 5. The Morgan fingerprint density at radius 3 is 2.32 bits per heavy atom. The van der Waals surface area contributed by atoms with Crippen molar-refractivity contribution in [1.82, 2.24) is 35.0 Å². The molecule has 0 spiro atoms. The van der Waals surface area contributed by atoms with E-state index in [-0.39, 0.29) is 75.7 Å². The van der Waals surface area contributed by atoms with Crippen LogP contribution in [-0.2, 0) is 46.5 Å². The minimum absolute atomic E-state index is 0.00497. The molecule has 20 nitrogen and oxygen atoms in total. The Morgan fingerprint density at radius 2 is 1.61 bits per heavy atom. The number of carbonyl (C=O) groups excluding carboxylic acids is 3. The van der Waals surface area contributed by atoms with Crippen molar-refractivity contribution in [2.24, 2.45) is 5.73 Å². The highest BCUT2D eigenvalue weighted by Gasteiger charge is 2.25. The number of amides is 3. The lowest BCUT2D eigenvalue weighted by Gasteiger charge is -2.35. The quantitative estimate of drug-likeness (QED) is 0.0485. The molecule has 21 heteroatoms. The lowest BCUT2D eigenvalue weighted by molar-refractivity contribution is -0.139. The smallest absolute Gasteiger partial charge is 0.321 e. The molecule has 1 aromatic carbocycles. The molecule has 62 heavy (non-hydrogen) atoms. The fourth-order valence-electron chi connectivity index (χ4n) is 6.63. The Bertz CT molecular complexity index is 1930. The van der Waals surface area contributed by atoms with E-state index in [1.54, 1.807) is 7.11 Å². The number of rotatable bonds is 29. The highest BCUT2D eigenvalue weighted by Crippen LogP contribution is 2.28. The number of thioether (sulfide) groups is 1. The molecule has 342 valence electrons. The lowest BCUT2D eigenvalue weighted by Crippen LogP contribution is -2.48. The zero-order chi connectivity index (χ0) is 44.9. The molecule has 3 amide bonds. The van der Waals surface area contributed by atoms with Crippen molar-refractivity contribution < 1.29 is 48.4 Å². The molecular weight excluding hydrogens is 825 g/mol. The van der Waals surface area contributed by atoms with Crippen LogP contribution < -0.4 is 32.2 Å². The molecule has 0 bridgehead atoms. The number of carboxylic acid groups (broad SMARTS) is 2. The van der Waals surface area contributed by atoms with Gasteiger partial charge >= 0.3 is 11.9 Å². The molecule has 4 rings (SSSR count). The molecule has 2 aromatic heterocycles. The molecule has 0 radical (unpaired) electrons. The number of hydrogen-bond acceptors (Lipinski definition) is 15. The summed E-state index contributed by atoms with van der Waals surface area (Å²) in [5.41, 5.74) is 15.2. The van der Waals surface area contributed by atoms with E-state index in [2.05, 4.69) is 60.5 Å². The van der Waals surface area contributed by atoms with Gasteiger partial charge in [0.15, 0.2) is 5.82 Å². The molecule has 0 saturated carbocycles. The first kappa shape index (κ1) is 49.4. The predicted molar refractivity (Wildman–Crippen MR) is 235 cm³/mol. The number of aliphatic carboxylic acids is 2. The van der Waals surface area contributed by atoms with Gasteiger partial charge in [0.2, 0.25) is 23.7 Å². The third kappa shape index (κ3) is 16.6. The van der Waals surface area contributed by atoms with Gasteiger partial charge in [-0.05, 0) is 24.1 Å². The Hall–Kier alpha value is -5.22. The molecule has 1 aliphatic rings. The van der Waals surface area contributed by atoms with Crippen molar-refractivity contribution in [3.8, 4) is 5.75 Å². The molecule has 3 aromatic rings. The predicted octanol–water partition coefficient (Wildman–Crippen LogP) is 1.35. The molecular formula is C41H62N10O10S. The van der Waals surface area contributed by atoms with Crippen LogP contribution in [-0.4, -0.2) is 161 Å². The summed E-state index contributed by atoms with van der Waals surface area (Å²) in [7, 11) is 1.68. The number of nitrogens with one attached hydrogen (secondary N) is 3. The molecule has 1 aliphatic heterocycles. The van der Waals surface area contributed by atoms with Gasteiger partial charge in [0.25, 0.3) is 0 Å². The standard InChI is InChI=1S/C41H62N10O10S/c1-3-4-5-11-46-38-37-31(47-41(43)48-38)9-14-51(37)26-29-7-6-28(23-32(29)59-2)25-49-15-17-50(18-16-49)36(54)10-19-60-21-22-61-20-13-45-34(52)8-12-44-35(53)24-33(40(57)58)62-27-30(42)39(55)56/h6-7,9,14,23,30,33H,3-5,8,10-13,15-22,24-27,42H2,1-2H3,(H,44,53)(H,45,52)(H,55,56)(H,57,58)(H3,43,46,47,48). The number of benzene rings is 1. The van der Waals surface area contributed by atoms with Crippen LogP contribution in [0.5, 0.6) is 5.75 Å². The summed E-state index contributed by atoms with van der Waals surface area (Å²) in [6.07, 6.45) is 5.18. The first-order valence-electron chi connectivity index (χ1n) is 20.9. The van der Waals surface area contributed by atoms with E-state index in [0.717, 1.165) is 90.9 Å². The van der Waals surface area contributed by atoms with Gasteiger partial charge in [-0.15, -0.1) is 11.8 Å². The number of ether oxygens (including phenoxy) is 3. The molecule has 1 fully saturated rings. The van der Waals surface area contributed by atoms with Crippen LogP contribution >= 0.6 is 11.8 Å². The van der Waals surface area contributed by atoms with Crippen LogP contribution in [0, 0.1) is 0 Å². The second kappa shape index (κ2) is 26.3. The van der Waals surface area contributed by atoms with Gasteiger partial charge in [-0.2, -0.15) is 4.98 Å². The van der Waals surface area contributed by atoms with E-state index in [9.17, 15) is 29.1 Å². The van der Waals surface area contributed by atoms with Crippen molar-refractivity contribution >= 4 is 64.2 Å². The number of aromatic nitrogens is 3. The topological polar surface area (TPSA) is 279 Å². The number of fused-ring (bicyclic) bond motifs is 1. The zero-order valence-corrected chi connectivity index (χ0v) is 36.5. The molecule has 0 aliphatic carbocycles. The Morgan fingerprint density at radius 1 is 0.871 bits per heavy atom. The van der Waals surface area contributed by atoms with Crippen molar-refractivity contribution in [2.75, 3.05) is 96.2 Å². The lowest BCUT2D eigenvalue weighted by atomic mass is 10.1. The molecule has 2 unspecified atom stereocenters. The number of carboxylic acids is 2. The SMILES string of the molecule is CCCCCNc1nc(N)nc2ccn(Cc3ccc(CN4CCN(C(=O)CCOCCOCCNC(=O)CCNC(=O)CC(SCC(N)C(=O)O)C(=O)O)CC4)cc3OC)c12. The van der Waals surface area contributed by atoms with Crippen molar-refractivity contribution in [2.45, 2.75) is 69.8 Å². The van der Waals surface area contributed by atoms with Crippen LogP contribution in [0.15, 0.2) is 30.5 Å². The van der Waals surface area contributed by atoms with Gasteiger partial charge in [0.1, 0.15) is 22.6 Å². The number of piperazine rings is 1. The van der Waals surface area contributed by atoms with Gasteiger partial charge in [-0.1, -0.05) is 31.9 Å². The van der Waals surface area contributed by atoms with E-state index < -0.39 is 29.1 Å². The average molecular weight is 887 g/mol. The van der Waals surface area contributed by atoms with Gasteiger partial charge in [0.05, 0.1) is 52.0 Å². The second-order valence-electron chi connectivity index (χ2n) is 14.8. The molecule has 1 saturated heterocycles. The summed E-state index contributed by atoms with van der Waals surface area (Å²) in [5, 5.41) is 25.6. The third-order valence-corrected chi connectivity index (χ3v) is 11.4. The largest absolute Gasteiger partial charge is 0.496 e. The minimum atomic E-state index is -1.26. The fourth-order valence-corrected chi connectivity index (χ4v) is 7.63. The number of nitrogens with two attached hydrogens (primary N) is 2. The Kier molecular flexibility index (Phi) is 21.0. The fraction of sp³-hybridized carbons (Fsp3) is 0.585. The summed E-state index contributed by atoms with van der Waals surface area (Å²) in [4.78, 5) is 72.4. The van der Waals surface area contributed by atoms with Gasteiger partial charge in [0, 0.05) is 82.7 Å². The highest BCUT2D eigenvalue weighted by molar-refractivity contribution is 8.00. The van der Waals surface area contributed by atoms with Crippen LogP contribution in [0.4, 0.5) is 11.8 Å². The maximum atomic E-state index is 12.9. The van der Waals surface area contributed by atoms with Crippen LogP contribution in [0.2, 0.25) is 0 Å². The summed E-state index contributed by atoms with van der Waals surface area (Å²) in [6.45, 7) is 8.42. The van der Waals surface area contributed by atoms with Gasteiger partial charge in [-0.3, -0.25) is 28.9 Å². The minimum Gasteiger partial charge on any atom is -0.496 e. The van der Waals surface area contributed by atoms with Crippen LogP contribution in [0.1, 0.15) is 56.6 Å². The van der Waals surface area contributed by atoms with E-state index in [4.69, 9.17) is 30.8 Å². The van der Waals surface area contributed by atoms with Gasteiger partial charge in [-0.25, -0.2) is 4.98 Å². The number of unbranched alkanes of at least 4 members (excludes halogenated alkanes) is 2. The van der Waals surface area contributed by atoms with E-state index in [0.29, 0.717) is 26.2 Å². The zero-order valence-electron chi connectivity index (χ0n) is 35.6. The van der Waals surface area contributed by atoms with Crippen molar-refractivity contribution in [1.29, 1.82) is 0 Å². The Balaban J connectivity index is 1.05. The third-order valence-electron chi connectivity index (χ3n) is 10.0. The summed E-state index contributed by atoms with van der Waals surface area (Å²) in [5.74, 6) is -1.77. The van der Waals surface area contributed by atoms with E-state index >= 15 is 0 Å². The summed E-state index contributed by atoms with van der Waals surface area (Å²) >= 11 is 0.772. The van der Waals surface area contributed by atoms with E-state index in [1.807, 2.05) is 17.2 Å². The normalized spacial score (nSPS) is 14.0. The van der Waals surface area contributed by atoms with Crippen molar-refractivity contribution in [3.05, 3.63) is 41.6 Å². The number of carbonyl (C=O) groups is 5. The maximum Gasteiger partial charge on any atom is 0.321 e. The second-order valence-corrected chi connectivity index (χ2v) is 16.0. The average Bonchev–Trinajstić information content (AvgIpc) is 3.65. The summed E-state index contributed by atoms with van der Waals surface area (Å²) < 4.78 is 19.0. The highest BCUT2D eigenvalue weighted by atomic mass is 32.2. The summed E-state index contributed by atoms with van der Waals surface area (Å²) in [6, 6.07) is 7.01. The first-order valence-corrected chi connectivity index (χ1v) is 22.0. The molecule has 2 atom stereocenters. The maximum absolute atomic E-state index is 12.9. The monoisotopic (exact) mass is 886 g/mol. The number of methoxy groups -OCH3 is 1. The number of anilines is 2. The number of hydrogen-bond donors (Lipinski definition) is 7.